The number of nitrogens with one attached hydrogen (secondary N) is 1. The van der Waals surface area contributed by atoms with E-state index >= 15 is 0 Å². The number of rotatable bonds is 6. The van der Waals surface area contributed by atoms with E-state index < -0.39 is 12.7 Å². The van der Waals surface area contributed by atoms with Crippen LogP contribution in [0.3, 0.4) is 0 Å². The molecule has 1 unspecified atom stereocenters. The molecule has 0 fully saturated rings. The average Bonchev–Trinajstić information content (AvgIpc) is 2.32. The van der Waals surface area contributed by atoms with Crippen LogP contribution in [0.25, 0.3) is 0 Å². The molecule has 0 radical (unpaired) electrons. The summed E-state index contributed by atoms with van der Waals surface area (Å²) in [5.41, 5.74) is 6.02. The molecule has 3 N–H and O–H groups in total. The zero-order valence-electron chi connectivity index (χ0n) is 10.3. The third-order valence-corrected chi connectivity index (χ3v) is 2.65. The molecule has 0 aromatic heterocycles. The van der Waals surface area contributed by atoms with Crippen LogP contribution in [-0.4, -0.2) is 18.6 Å². The number of hydrogen-bond donors (Lipinski definition) is 2. The number of amides is 1. The first-order valence-corrected chi connectivity index (χ1v) is 6.12. The fraction of sp³-hybridized carbons (Fsp3) is 0.417. The lowest BCUT2D eigenvalue weighted by atomic mass is 10.1. The lowest BCUT2D eigenvalue weighted by Crippen LogP contribution is -2.35. The van der Waals surface area contributed by atoms with Gasteiger partial charge in [-0.3, -0.25) is 4.79 Å². The van der Waals surface area contributed by atoms with E-state index in [1.807, 2.05) is 6.92 Å². The number of nitrogens with two attached hydrogens (primary N) is 1. The average molecular weight is 293 g/mol. The molecule has 1 aromatic rings. The summed E-state index contributed by atoms with van der Waals surface area (Å²) >= 11 is 5.76. The zero-order chi connectivity index (χ0) is 14.4. The van der Waals surface area contributed by atoms with Gasteiger partial charge in [-0.2, -0.15) is 8.78 Å². The van der Waals surface area contributed by atoms with E-state index in [9.17, 15) is 13.6 Å². The van der Waals surface area contributed by atoms with E-state index in [1.54, 1.807) is 0 Å². The molecular weight excluding hydrogens is 278 g/mol. The summed E-state index contributed by atoms with van der Waals surface area (Å²) in [6, 6.07) is 3.39. The molecule has 1 atom stereocenters. The van der Waals surface area contributed by atoms with Crippen molar-refractivity contribution < 1.29 is 18.3 Å². The standard InChI is InChI=1S/C12H15ClF2N2O2/c1-2-3-9(16)11(18)17-7-4-5-10(8(13)6-7)19-12(14)15/h4-6,9,12H,2-3,16H2,1H3,(H,17,18). The molecule has 0 spiro atoms. The van der Waals surface area contributed by atoms with Gasteiger partial charge in [-0.15, -0.1) is 0 Å². The molecule has 0 bridgehead atoms. The van der Waals surface area contributed by atoms with Crippen molar-refractivity contribution in [3.8, 4) is 5.75 Å². The van der Waals surface area contributed by atoms with Gasteiger partial charge in [0.05, 0.1) is 11.1 Å². The minimum atomic E-state index is -2.95. The highest BCUT2D eigenvalue weighted by Crippen LogP contribution is 2.28. The summed E-state index contributed by atoms with van der Waals surface area (Å²) < 4.78 is 28.3. The van der Waals surface area contributed by atoms with Gasteiger partial charge in [0.15, 0.2) is 0 Å². The molecular formula is C12H15ClF2N2O2. The maximum absolute atomic E-state index is 12.0. The Kier molecular flexibility index (Phi) is 5.98. The van der Waals surface area contributed by atoms with Gasteiger partial charge in [-0.1, -0.05) is 24.9 Å². The summed E-state index contributed by atoms with van der Waals surface area (Å²) in [5.74, 6) is -0.493. The van der Waals surface area contributed by atoms with Gasteiger partial charge in [0.1, 0.15) is 5.75 Å². The Balaban J connectivity index is 2.70. The predicted molar refractivity (Wildman–Crippen MR) is 69.6 cm³/mol. The summed E-state index contributed by atoms with van der Waals surface area (Å²) in [6.07, 6.45) is 1.35. The lowest BCUT2D eigenvalue weighted by molar-refractivity contribution is -0.117. The molecule has 0 saturated heterocycles. The van der Waals surface area contributed by atoms with Crippen LogP contribution in [0.2, 0.25) is 5.02 Å². The van der Waals surface area contributed by atoms with Crippen molar-refractivity contribution in [1.29, 1.82) is 0 Å². The van der Waals surface area contributed by atoms with Crippen LogP contribution in [0.15, 0.2) is 18.2 Å². The highest BCUT2D eigenvalue weighted by Gasteiger charge is 2.14. The monoisotopic (exact) mass is 292 g/mol. The van der Waals surface area contributed by atoms with Crippen molar-refractivity contribution in [2.75, 3.05) is 5.32 Å². The van der Waals surface area contributed by atoms with Crippen LogP contribution in [0.5, 0.6) is 5.75 Å². The number of alkyl halides is 2. The summed E-state index contributed by atoms with van der Waals surface area (Å²) in [4.78, 5) is 11.6. The van der Waals surface area contributed by atoms with Gasteiger partial charge in [0.25, 0.3) is 0 Å². The highest BCUT2D eigenvalue weighted by atomic mass is 35.5. The molecule has 0 aliphatic carbocycles. The topological polar surface area (TPSA) is 64.4 Å². The number of halogens is 3. The summed E-state index contributed by atoms with van der Waals surface area (Å²) in [6.45, 7) is -1.03. The Hall–Kier alpha value is -1.40. The largest absolute Gasteiger partial charge is 0.433 e. The molecule has 4 nitrogen and oxygen atoms in total. The first-order chi connectivity index (χ1) is 8.93. The Bertz CT molecular complexity index is 444. The maximum atomic E-state index is 12.0. The molecule has 7 heteroatoms. The number of carbonyl (C=O) groups is 1. The van der Waals surface area contributed by atoms with E-state index in [1.165, 1.54) is 18.2 Å². The predicted octanol–water partition coefficient (Wildman–Crippen LogP) is 3.01. The zero-order valence-corrected chi connectivity index (χ0v) is 11.1. The molecule has 0 aliphatic rings. The molecule has 0 saturated carbocycles. The Morgan fingerprint density at radius 2 is 2.21 bits per heavy atom. The minimum absolute atomic E-state index is 0.0119. The lowest BCUT2D eigenvalue weighted by Gasteiger charge is -2.12. The third kappa shape index (κ3) is 5.00. The van der Waals surface area contributed by atoms with Crippen molar-refractivity contribution in [3.63, 3.8) is 0 Å². The molecule has 106 valence electrons. The molecule has 0 aliphatic heterocycles. The smallest absolute Gasteiger partial charge is 0.387 e. The van der Waals surface area contributed by atoms with Gasteiger partial charge >= 0.3 is 6.61 Å². The van der Waals surface area contributed by atoms with E-state index in [4.69, 9.17) is 17.3 Å². The summed E-state index contributed by atoms with van der Waals surface area (Å²) in [7, 11) is 0. The Morgan fingerprint density at radius 1 is 1.53 bits per heavy atom. The Morgan fingerprint density at radius 3 is 2.74 bits per heavy atom. The maximum Gasteiger partial charge on any atom is 0.387 e. The van der Waals surface area contributed by atoms with Crippen molar-refractivity contribution in [2.24, 2.45) is 5.73 Å². The quantitative estimate of drug-likeness (QED) is 0.847. The van der Waals surface area contributed by atoms with E-state index in [0.29, 0.717) is 12.1 Å². The summed E-state index contributed by atoms with van der Waals surface area (Å²) in [5, 5.41) is 2.54. The molecule has 0 heterocycles. The van der Waals surface area contributed by atoms with E-state index in [0.717, 1.165) is 6.42 Å². The SMILES string of the molecule is CCCC(N)C(=O)Nc1ccc(OC(F)F)c(Cl)c1. The van der Waals surface area contributed by atoms with Crippen LogP contribution < -0.4 is 15.8 Å². The minimum Gasteiger partial charge on any atom is -0.433 e. The van der Waals surface area contributed by atoms with Gasteiger partial charge in [-0.25, -0.2) is 0 Å². The number of hydrogen-bond acceptors (Lipinski definition) is 3. The first kappa shape index (κ1) is 15.7. The Labute approximate surface area is 114 Å². The number of carbonyl (C=O) groups excluding carboxylic acids is 1. The second-order valence-corrected chi connectivity index (χ2v) is 4.32. The number of anilines is 1. The normalized spacial score (nSPS) is 12.3. The number of ether oxygens (including phenoxy) is 1. The molecule has 1 aromatic carbocycles. The van der Waals surface area contributed by atoms with Crippen molar-refractivity contribution in [1.82, 2.24) is 0 Å². The second-order valence-electron chi connectivity index (χ2n) is 3.91. The van der Waals surface area contributed by atoms with Crippen molar-refractivity contribution in [3.05, 3.63) is 23.2 Å². The molecule has 1 amide bonds. The highest BCUT2D eigenvalue weighted by molar-refractivity contribution is 6.32. The van der Waals surface area contributed by atoms with E-state index in [-0.39, 0.29) is 16.7 Å². The third-order valence-electron chi connectivity index (χ3n) is 2.35. The van der Waals surface area contributed by atoms with Crippen LogP contribution in [0.4, 0.5) is 14.5 Å². The van der Waals surface area contributed by atoms with Crippen LogP contribution in [-0.2, 0) is 4.79 Å². The second kappa shape index (κ2) is 7.25. The first-order valence-electron chi connectivity index (χ1n) is 5.74. The van der Waals surface area contributed by atoms with Crippen LogP contribution in [0, 0.1) is 0 Å². The van der Waals surface area contributed by atoms with Gasteiger partial charge in [0.2, 0.25) is 5.91 Å². The van der Waals surface area contributed by atoms with Crippen molar-refractivity contribution in [2.45, 2.75) is 32.4 Å². The molecule has 1 rings (SSSR count). The van der Waals surface area contributed by atoms with Crippen molar-refractivity contribution >= 4 is 23.2 Å². The van der Waals surface area contributed by atoms with Crippen LogP contribution in [0.1, 0.15) is 19.8 Å². The number of benzene rings is 1. The fourth-order valence-electron chi connectivity index (χ4n) is 1.45. The van der Waals surface area contributed by atoms with Gasteiger partial charge in [-0.05, 0) is 24.6 Å². The molecule has 19 heavy (non-hydrogen) atoms. The van der Waals surface area contributed by atoms with Gasteiger partial charge in [0, 0.05) is 5.69 Å². The van der Waals surface area contributed by atoms with E-state index in [2.05, 4.69) is 10.1 Å². The fourth-order valence-corrected chi connectivity index (χ4v) is 1.67. The van der Waals surface area contributed by atoms with Gasteiger partial charge < -0.3 is 15.8 Å². The van der Waals surface area contributed by atoms with Crippen LogP contribution >= 0.6 is 11.6 Å².